The van der Waals surface area contributed by atoms with Crippen molar-refractivity contribution in [3.05, 3.63) is 77.4 Å². The maximum atomic E-state index is 13.1. The molecule has 0 unspecified atom stereocenters. The summed E-state index contributed by atoms with van der Waals surface area (Å²) in [6, 6.07) is 13.6. The average molecular weight is 359 g/mol. The molecule has 0 atom stereocenters. The molecule has 0 spiro atoms. The first kappa shape index (κ1) is 17.2. The Balaban J connectivity index is 1.65. The molecule has 3 heterocycles. The van der Waals surface area contributed by atoms with Crippen molar-refractivity contribution in [3.63, 3.8) is 0 Å². The summed E-state index contributed by atoms with van der Waals surface area (Å²) in [5, 5.41) is 0. The van der Waals surface area contributed by atoms with Crippen molar-refractivity contribution in [2.24, 2.45) is 0 Å². The second-order valence-corrected chi connectivity index (χ2v) is 6.63. The van der Waals surface area contributed by atoms with E-state index in [-0.39, 0.29) is 5.91 Å². The van der Waals surface area contributed by atoms with Gasteiger partial charge in [-0.05, 0) is 42.7 Å². The molecule has 4 rings (SSSR count). The van der Waals surface area contributed by atoms with E-state index in [0.717, 1.165) is 45.8 Å². The molecule has 2 aromatic heterocycles. The van der Waals surface area contributed by atoms with E-state index in [9.17, 15) is 4.79 Å². The number of nitrogens with zero attached hydrogens (tertiary/aromatic N) is 3. The lowest BCUT2D eigenvalue weighted by Gasteiger charge is -2.30. The lowest BCUT2D eigenvalue weighted by atomic mass is 9.89. The molecule has 0 bridgehead atoms. The number of carbonyl (C=O) groups is 1. The first-order chi connectivity index (χ1) is 13.2. The van der Waals surface area contributed by atoms with Crippen LogP contribution >= 0.6 is 0 Å². The van der Waals surface area contributed by atoms with Gasteiger partial charge in [-0.1, -0.05) is 18.2 Å². The first-order valence-corrected chi connectivity index (χ1v) is 8.99. The summed E-state index contributed by atoms with van der Waals surface area (Å²) in [4.78, 5) is 23.7. The van der Waals surface area contributed by atoms with Gasteiger partial charge in [0.1, 0.15) is 5.75 Å². The van der Waals surface area contributed by atoms with Crippen LogP contribution in [0.1, 0.15) is 27.3 Å². The molecule has 5 nitrogen and oxygen atoms in total. The summed E-state index contributed by atoms with van der Waals surface area (Å²) in [6.45, 7) is 3.15. The van der Waals surface area contributed by atoms with Crippen LogP contribution < -0.4 is 4.74 Å². The molecule has 1 amide bonds. The number of benzene rings is 1. The molecule has 0 saturated heterocycles. The molecule has 136 valence electrons. The van der Waals surface area contributed by atoms with Gasteiger partial charge in [0.25, 0.3) is 5.91 Å². The number of aryl methyl sites for hydroxylation is 1. The van der Waals surface area contributed by atoms with E-state index >= 15 is 0 Å². The van der Waals surface area contributed by atoms with E-state index in [0.29, 0.717) is 13.1 Å². The molecule has 3 aromatic rings. The molecule has 0 aliphatic carbocycles. The third-order valence-electron chi connectivity index (χ3n) is 5.00. The molecule has 1 aliphatic heterocycles. The van der Waals surface area contributed by atoms with Crippen molar-refractivity contribution in [3.8, 4) is 16.9 Å². The Morgan fingerprint density at radius 1 is 1.04 bits per heavy atom. The number of carbonyl (C=O) groups excluding carboxylic acids is 1. The minimum absolute atomic E-state index is 0.0456. The highest BCUT2D eigenvalue weighted by atomic mass is 16.5. The van der Waals surface area contributed by atoms with E-state index in [1.807, 2.05) is 36.1 Å². The maximum Gasteiger partial charge on any atom is 0.254 e. The van der Waals surface area contributed by atoms with E-state index in [4.69, 9.17) is 4.74 Å². The quantitative estimate of drug-likeness (QED) is 0.713. The van der Waals surface area contributed by atoms with Gasteiger partial charge in [-0.3, -0.25) is 14.8 Å². The lowest BCUT2D eigenvalue weighted by Crippen LogP contribution is -2.37. The highest BCUT2D eigenvalue weighted by molar-refractivity contribution is 5.98. The Labute approximate surface area is 158 Å². The Kier molecular flexibility index (Phi) is 4.59. The number of pyridine rings is 2. The van der Waals surface area contributed by atoms with Gasteiger partial charge in [0.05, 0.1) is 19.3 Å². The molecule has 5 heteroatoms. The van der Waals surface area contributed by atoms with Crippen LogP contribution in [0, 0.1) is 6.92 Å². The minimum Gasteiger partial charge on any atom is -0.497 e. The molecule has 0 saturated carbocycles. The minimum atomic E-state index is 0.0456. The molecule has 0 radical (unpaired) electrons. The van der Waals surface area contributed by atoms with E-state index in [1.165, 1.54) is 0 Å². The lowest BCUT2D eigenvalue weighted by molar-refractivity contribution is 0.0725. The Hall–Kier alpha value is -3.21. The zero-order chi connectivity index (χ0) is 18.8. The molecule has 1 aliphatic rings. The van der Waals surface area contributed by atoms with Crippen LogP contribution in [0.3, 0.4) is 0 Å². The zero-order valence-corrected chi connectivity index (χ0v) is 15.5. The van der Waals surface area contributed by atoms with Crippen LogP contribution in [-0.4, -0.2) is 34.4 Å². The van der Waals surface area contributed by atoms with E-state index in [2.05, 4.69) is 22.1 Å². The average Bonchev–Trinajstić information content (AvgIpc) is 2.70. The van der Waals surface area contributed by atoms with Crippen LogP contribution in [-0.2, 0) is 13.0 Å². The second kappa shape index (κ2) is 7.19. The smallest absolute Gasteiger partial charge is 0.254 e. The Morgan fingerprint density at radius 2 is 1.85 bits per heavy atom. The van der Waals surface area contributed by atoms with Gasteiger partial charge in [-0.15, -0.1) is 0 Å². The molecular formula is C22H21N3O2. The first-order valence-electron chi connectivity index (χ1n) is 8.99. The Bertz CT molecular complexity index is 1000. The fraction of sp³-hybridized carbons (Fsp3) is 0.227. The predicted octanol–water partition coefficient (Wildman–Crippen LogP) is 3.66. The van der Waals surface area contributed by atoms with Gasteiger partial charge < -0.3 is 9.64 Å². The summed E-state index contributed by atoms with van der Waals surface area (Å²) in [6.07, 6.45) is 4.32. The summed E-state index contributed by atoms with van der Waals surface area (Å²) in [5.74, 6) is 0.795. The van der Waals surface area contributed by atoms with Gasteiger partial charge in [-0.25, -0.2) is 0 Å². The summed E-state index contributed by atoms with van der Waals surface area (Å²) in [7, 11) is 1.63. The van der Waals surface area contributed by atoms with E-state index in [1.54, 1.807) is 25.6 Å². The zero-order valence-electron chi connectivity index (χ0n) is 15.5. The summed E-state index contributed by atoms with van der Waals surface area (Å²) in [5.41, 5.74) is 5.86. The van der Waals surface area contributed by atoms with Crippen LogP contribution in [0.2, 0.25) is 0 Å². The second-order valence-electron chi connectivity index (χ2n) is 6.63. The van der Waals surface area contributed by atoms with Crippen molar-refractivity contribution in [1.82, 2.24) is 14.9 Å². The summed E-state index contributed by atoms with van der Waals surface area (Å²) < 4.78 is 5.25. The molecular weight excluding hydrogens is 338 g/mol. The summed E-state index contributed by atoms with van der Waals surface area (Å²) >= 11 is 0. The molecule has 27 heavy (non-hydrogen) atoms. The maximum absolute atomic E-state index is 13.1. The van der Waals surface area contributed by atoms with Crippen LogP contribution in [0.25, 0.3) is 11.1 Å². The predicted molar refractivity (Wildman–Crippen MR) is 104 cm³/mol. The number of hydrogen-bond acceptors (Lipinski definition) is 4. The highest BCUT2D eigenvalue weighted by Crippen LogP contribution is 2.32. The molecule has 0 N–H and O–H groups in total. The highest BCUT2D eigenvalue weighted by Gasteiger charge is 2.27. The number of hydrogen-bond donors (Lipinski definition) is 0. The van der Waals surface area contributed by atoms with Crippen molar-refractivity contribution < 1.29 is 9.53 Å². The molecule has 1 aromatic carbocycles. The fourth-order valence-corrected chi connectivity index (χ4v) is 3.61. The molecule has 0 fully saturated rings. The van der Waals surface area contributed by atoms with Gasteiger partial charge >= 0.3 is 0 Å². The van der Waals surface area contributed by atoms with Gasteiger partial charge in [0, 0.05) is 41.8 Å². The van der Waals surface area contributed by atoms with Crippen molar-refractivity contribution >= 4 is 5.91 Å². The Morgan fingerprint density at radius 3 is 2.67 bits per heavy atom. The third-order valence-corrected chi connectivity index (χ3v) is 5.00. The van der Waals surface area contributed by atoms with Crippen LogP contribution in [0.15, 0.2) is 54.9 Å². The standard InChI is InChI=1S/C22H21N3O2/c1-15-18(7-4-10-23-15)19-5-3-6-21-20(19)9-12-25(22(21)26)14-16-13-17(27-2)8-11-24-16/h3-8,10-11,13H,9,12,14H2,1-2H3. The fourth-order valence-electron chi connectivity index (χ4n) is 3.61. The number of rotatable bonds is 4. The normalized spacial score (nSPS) is 13.4. The monoisotopic (exact) mass is 359 g/mol. The van der Waals surface area contributed by atoms with Crippen molar-refractivity contribution in [2.75, 3.05) is 13.7 Å². The van der Waals surface area contributed by atoms with Crippen molar-refractivity contribution in [1.29, 1.82) is 0 Å². The number of fused-ring (bicyclic) bond motifs is 1. The third kappa shape index (κ3) is 3.28. The van der Waals surface area contributed by atoms with Gasteiger partial charge in [0.15, 0.2) is 0 Å². The SMILES string of the molecule is COc1ccnc(CN2CCc3c(cccc3-c3cccnc3C)C2=O)c1. The number of amides is 1. The topological polar surface area (TPSA) is 55.3 Å². The van der Waals surface area contributed by atoms with Gasteiger partial charge in [-0.2, -0.15) is 0 Å². The van der Waals surface area contributed by atoms with Crippen LogP contribution in [0.4, 0.5) is 0 Å². The largest absolute Gasteiger partial charge is 0.497 e. The number of ether oxygens (including phenoxy) is 1. The number of aromatic nitrogens is 2. The van der Waals surface area contributed by atoms with Gasteiger partial charge in [0.2, 0.25) is 0 Å². The number of methoxy groups -OCH3 is 1. The van der Waals surface area contributed by atoms with Crippen molar-refractivity contribution in [2.45, 2.75) is 19.9 Å². The van der Waals surface area contributed by atoms with Crippen LogP contribution in [0.5, 0.6) is 5.75 Å². The van der Waals surface area contributed by atoms with E-state index < -0.39 is 0 Å².